The molecular weight excluding hydrogens is 132 g/mol. The van der Waals surface area contributed by atoms with Crippen LogP contribution in [0.1, 0.15) is 39.0 Å². The highest BCUT2D eigenvalue weighted by Gasteiger charge is 2.20. The second-order valence-corrected chi connectivity index (χ2v) is 3.71. The maximum atomic E-state index is 2.41. The van der Waals surface area contributed by atoms with Crippen LogP contribution in [0, 0.1) is 5.92 Å². The molecule has 0 aromatic rings. The molecule has 1 unspecified atom stereocenters. The van der Waals surface area contributed by atoms with Crippen LogP contribution in [0.5, 0.6) is 0 Å². The third-order valence-electron chi connectivity index (χ3n) is 3.05. The van der Waals surface area contributed by atoms with E-state index in [1.807, 2.05) is 0 Å². The van der Waals surface area contributed by atoms with E-state index in [-0.39, 0.29) is 0 Å². The van der Waals surface area contributed by atoms with Crippen molar-refractivity contribution < 1.29 is 0 Å². The smallest absolute Gasteiger partial charge is 0.0157 e. The zero-order valence-electron chi connectivity index (χ0n) is 7.27. The number of hydrogen-bond acceptors (Lipinski definition) is 0. The first kappa shape index (κ1) is 7.15. The summed E-state index contributed by atoms with van der Waals surface area (Å²) in [6.07, 6.45) is 11.5. The highest BCUT2D eigenvalue weighted by atomic mass is 14.3. The summed E-state index contributed by atoms with van der Waals surface area (Å²) in [7, 11) is 0. The van der Waals surface area contributed by atoms with Crippen LogP contribution in [0.2, 0.25) is 0 Å². The first-order chi connectivity index (χ1) is 5.40. The average molecular weight is 148 g/mol. The molecule has 0 heterocycles. The van der Waals surface area contributed by atoms with Crippen molar-refractivity contribution in [2.24, 2.45) is 5.92 Å². The fraction of sp³-hybridized carbons (Fsp3) is 0.636. The van der Waals surface area contributed by atoms with E-state index in [1.54, 1.807) is 11.1 Å². The van der Waals surface area contributed by atoms with E-state index in [4.69, 9.17) is 0 Å². The minimum atomic E-state index is 0.983. The van der Waals surface area contributed by atoms with Crippen LogP contribution < -0.4 is 0 Å². The molecule has 0 radical (unpaired) electrons. The van der Waals surface area contributed by atoms with Gasteiger partial charge >= 0.3 is 0 Å². The Morgan fingerprint density at radius 2 is 2.18 bits per heavy atom. The topological polar surface area (TPSA) is 0 Å². The van der Waals surface area contributed by atoms with E-state index in [1.165, 1.54) is 32.1 Å². The molecule has 2 aliphatic carbocycles. The molecule has 11 heavy (non-hydrogen) atoms. The summed E-state index contributed by atoms with van der Waals surface area (Å²) in [4.78, 5) is 0. The summed E-state index contributed by atoms with van der Waals surface area (Å²) >= 11 is 0. The van der Waals surface area contributed by atoms with Crippen LogP contribution in [0.15, 0.2) is 23.3 Å². The summed E-state index contributed by atoms with van der Waals surface area (Å²) < 4.78 is 0. The zero-order valence-corrected chi connectivity index (χ0v) is 7.27. The predicted octanol–water partition coefficient (Wildman–Crippen LogP) is 3.45. The third kappa shape index (κ3) is 1.26. The highest BCUT2D eigenvalue weighted by Crippen LogP contribution is 2.37. The zero-order chi connectivity index (χ0) is 7.68. The quantitative estimate of drug-likeness (QED) is 0.534. The van der Waals surface area contributed by atoms with Gasteiger partial charge in [-0.15, -0.1) is 0 Å². The van der Waals surface area contributed by atoms with Gasteiger partial charge in [0.05, 0.1) is 0 Å². The maximum Gasteiger partial charge on any atom is -0.0157 e. The lowest BCUT2D eigenvalue weighted by Gasteiger charge is -2.23. The molecule has 60 valence electrons. The number of rotatable bonds is 1. The average Bonchev–Trinajstić information content (AvgIpc) is 2.50. The summed E-state index contributed by atoms with van der Waals surface area (Å²) in [5.74, 6) is 0.983. The van der Waals surface area contributed by atoms with Crippen molar-refractivity contribution >= 4 is 0 Å². The van der Waals surface area contributed by atoms with Gasteiger partial charge in [-0.3, -0.25) is 0 Å². The normalized spacial score (nSPS) is 29.4. The predicted molar refractivity (Wildman–Crippen MR) is 48.4 cm³/mol. The first-order valence-corrected chi connectivity index (χ1v) is 4.78. The third-order valence-corrected chi connectivity index (χ3v) is 3.05. The molecule has 0 spiro atoms. The van der Waals surface area contributed by atoms with Gasteiger partial charge in [-0.2, -0.15) is 0 Å². The molecule has 0 saturated heterocycles. The SMILES string of the molecule is CCC1CCC2=CCC=C2C1. The molecule has 0 aromatic heterocycles. The van der Waals surface area contributed by atoms with Crippen molar-refractivity contribution in [2.75, 3.05) is 0 Å². The van der Waals surface area contributed by atoms with Crippen LogP contribution >= 0.6 is 0 Å². The lowest BCUT2D eigenvalue weighted by molar-refractivity contribution is 0.443. The van der Waals surface area contributed by atoms with E-state index < -0.39 is 0 Å². The van der Waals surface area contributed by atoms with Gasteiger partial charge in [-0.05, 0) is 42.7 Å². The molecule has 0 amide bonds. The molecule has 1 saturated carbocycles. The van der Waals surface area contributed by atoms with E-state index in [2.05, 4.69) is 19.1 Å². The summed E-state index contributed by atoms with van der Waals surface area (Å²) in [6.45, 7) is 2.31. The van der Waals surface area contributed by atoms with Crippen LogP contribution in [0.4, 0.5) is 0 Å². The number of hydrogen-bond donors (Lipinski definition) is 0. The molecule has 0 bridgehead atoms. The van der Waals surface area contributed by atoms with Crippen molar-refractivity contribution in [1.29, 1.82) is 0 Å². The van der Waals surface area contributed by atoms with Gasteiger partial charge in [-0.1, -0.05) is 25.5 Å². The fourth-order valence-electron chi connectivity index (χ4n) is 2.20. The molecule has 1 atom stereocenters. The van der Waals surface area contributed by atoms with Crippen molar-refractivity contribution in [2.45, 2.75) is 39.0 Å². The number of allylic oxidation sites excluding steroid dienone is 4. The first-order valence-electron chi connectivity index (χ1n) is 4.78. The van der Waals surface area contributed by atoms with Gasteiger partial charge in [0.25, 0.3) is 0 Å². The molecule has 0 heteroatoms. The second kappa shape index (κ2) is 2.84. The van der Waals surface area contributed by atoms with E-state index in [9.17, 15) is 0 Å². The van der Waals surface area contributed by atoms with Crippen molar-refractivity contribution in [3.63, 3.8) is 0 Å². The lowest BCUT2D eigenvalue weighted by atomic mass is 9.82. The minimum absolute atomic E-state index is 0.983. The molecule has 0 aromatic carbocycles. The monoisotopic (exact) mass is 148 g/mol. The van der Waals surface area contributed by atoms with Crippen molar-refractivity contribution in [3.05, 3.63) is 23.3 Å². The Morgan fingerprint density at radius 3 is 3.00 bits per heavy atom. The maximum absolute atomic E-state index is 2.41. The van der Waals surface area contributed by atoms with Crippen molar-refractivity contribution in [3.8, 4) is 0 Å². The Balaban J connectivity index is 2.08. The molecule has 0 nitrogen and oxygen atoms in total. The van der Waals surface area contributed by atoms with Gasteiger partial charge < -0.3 is 0 Å². The van der Waals surface area contributed by atoms with Crippen LogP contribution in [-0.4, -0.2) is 0 Å². The molecule has 0 aliphatic heterocycles. The lowest BCUT2D eigenvalue weighted by Crippen LogP contribution is -2.08. The summed E-state index contributed by atoms with van der Waals surface area (Å²) in [5.41, 5.74) is 3.33. The van der Waals surface area contributed by atoms with E-state index >= 15 is 0 Å². The molecule has 2 rings (SSSR count). The Hall–Kier alpha value is -0.520. The van der Waals surface area contributed by atoms with Crippen LogP contribution in [0.3, 0.4) is 0 Å². The minimum Gasteiger partial charge on any atom is -0.0772 e. The Labute approximate surface area is 69.0 Å². The molecule has 1 fully saturated rings. The van der Waals surface area contributed by atoms with E-state index in [0.717, 1.165) is 5.92 Å². The highest BCUT2D eigenvalue weighted by molar-refractivity contribution is 5.38. The van der Waals surface area contributed by atoms with Crippen LogP contribution in [0.25, 0.3) is 0 Å². The van der Waals surface area contributed by atoms with Gasteiger partial charge in [0.2, 0.25) is 0 Å². The van der Waals surface area contributed by atoms with Gasteiger partial charge in [0.1, 0.15) is 0 Å². The Kier molecular flexibility index (Phi) is 1.85. The standard InChI is InChI=1S/C11H16/c1-2-9-6-7-10-4-3-5-11(10)8-9/h4-5,9H,2-3,6-8H2,1H3. The molecular formula is C11H16. The molecule has 0 N–H and O–H groups in total. The van der Waals surface area contributed by atoms with Gasteiger partial charge in [0.15, 0.2) is 0 Å². The van der Waals surface area contributed by atoms with E-state index in [0.29, 0.717) is 0 Å². The van der Waals surface area contributed by atoms with Crippen LogP contribution in [-0.2, 0) is 0 Å². The second-order valence-electron chi connectivity index (χ2n) is 3.71. The summed E-state index contributed by atoms with van der Waals surface area (Å²) in [6, 6.07) is 0. The van der Waals surface area contributed by atoms with Gasteiger partial charge in [-0.25, -0.2) is 0 Å². The Bertz CT molecular complexity index is 208. The molecule has 2 aliphatic rings. The largest absolute Gasteiger partial charge is 0.0772 e. The number of fused-ring (bicyclic) bond motifs is 1. The van der Waals surface area contributed by atoms with Crippen molar-refractivity contribution in [1.82, 2.24) is 0 Å². The Morgan fingerprint density at radius 1 is 1.36 bits per heavy atom. The fourth-order valence-corrected chi connectivity index (χ4v) is 2.20. The van der Waals surface area contributed by atoms with Gasteiger partial charge in [0, 0.05) is 0 Å². The summed E-state index contributed by atoms with van der Waals surface area (Å²) in [5, 5.41) is 0.